The van der Waals surface area contributed by atoms with Crippen molar-refractivity contribution in [3.05, 3.63) is 18.2 Å². The Labute approximate surface area is 120 Å². The van der Waals surface area contributed by atoms with Crippen LogP contribution < -0.4 is 0 Å². The molecular formula is C11H12ClN3O2S2. The van der Waals surface area contributed by atoms with E-state index in [4.69, 9.17) is 11.6 Å². The number of sulfonamides is 1. The van der Waals surface area contributed by atoms with Gasteiger partial charge < -0.3 is 0 Å². The predicted molar refractivity (Wildman–Crippen MR) is 75.0 cm³/mol. The van der Waals surface area contributed by atoms with Gasteiger partial charge in [-0.25, -0.2) is 8.42 Å². The molecule has 3 rings (SSSR count). The third kappa shape index (κ3) is 2.35. The van der Waals surface area contributed by atoms with Gasteiger partial charge >= 0.3 is 0 Å². The fourth-order valence-corrected chi connectivity index (χ4v) is 4.92. The van der Waals surface area contributed by atoms with E-state index in [1.54, 1.807) is 18.2 Å². The molecule has 1 unspecified atom stereocenters. The number of benzene rings is 1. The van der Waals surface area contributed by atoms with E-state index in [9.17, 15) is 8.42 Å². The monoisotopic (exact) mass is 317 g/mol. The Kier molecular flexibility index (Phi) is 3.46. The third-order valence-corrected chi connectivity index (χ3v) is 5.99. The van der Waals surface area contributed by atoms with Gasteiger partial charge in [0, 0.05) is 18.5 Å². The number of aromatic nitrogens is 2. The van der Waals surface area contributed by atoms with Gasteiger partial charge in [-0.05, 0) is 25.0 Å². The molecule has 0 radical (unpaired) electrons. The first-order valence-electron chi connectivity index (χ1n) is 5.94. The zero-order valence-electron chi connectivity index (χ0n) is 9.99. The third-order valence-electron chi connectivity index (χ3n) is 3.19. The van der Waals surface area contributed by atoms with Gasteiger partial charge in [0.2, 0.25) is 10.0 Å². The quantitative estimate of drug-likeness (QED) is 0.796. The summed E-state index contributed by atoms with van der Waals surface area (Å²) in [5.74, 6) is 0. The van der Waals surface area contributed by atoms with Crippen molar-refractivity contribution in [2.45, 2.75) is 23.1 Å². The van der Waals surface area contributed by atoms with Crippen LogP contribution >= 0.6 is 23.3 Å². The molecule has 19 heavy (non-hydrogen) atoms. The summed E-state index contributed by atoms with van der Waals surface area (Å²) >= 11 is 7.09. The Bertz CT molecular complexity index is 701. The zero-order valence-corrected chi connectivity index (χ0v) is 12.4. The molecule has 1 aliphatic rings. The van der Waals surface area contributed by atoms with Gasteiger partial charge in [0.1, 0.15) is 15.9 Å². The molecule has 1 fully saturated rings. The van der Waals surface area contributed by atoms with Crippen LogP contribution in [0.2, 0.25) is 0 Å². The van der Waals surface area contributed by atoms with Crippen molar-refractivity contribution in [1.82, 2.24) is 13.1 Å². The van der Waals surface area contributed by atoms with Crippen molar-refractivity contribution >= 4 is 44.4 Å². The van der Waals surface area contributed by atoms with Crippen LogP contribution in [0.4, 0.5) is 0 Å². The number of halogens is 1. The maximum Gasteiger partial charge on any atom is 0.245 e. The van der Waals surface area contributed by atoms with Crippen LogP contribution in [0.15, 0.2) is 23.1 Å². The molecule has 0 N–H and O–H groups in total. The lowest BCUT2D eigenvalue weighted by molar-refractivity contribution is 0.351. The average molecular weight is 318 g/mol. The molecule has 8 heteroatoms. The van der Waals surface area contributed by atoms with Crippen LogP contribution in [0.1, 0.15) is 12.8 Å². The van der Waals surface area contributed by atoms with Crippen molar-refractivity contribution in [3.8, 4) is 0 Å². The fourth-order valence-electron chi connectivity index (χ4n) is 2.24. The number of hydrogen-bond acceptors (Lipinski definition) is 5. The molecule has 1 aromatic heterocycles. The molecule has 2 aromatic rings. The Morgan fingerprint density at radius 3 is 3.00 bits per heavy atom. The van der Waals surface area contributed by atoms with Gasteiger partial charge in [0.15, 0.2) is 0 Å². The maximum atomic E-state index is 12.6. The van der Waals surface area contributed by atoms with Crippen LogP contribution in [0.25, 0.3) is 11.0 Å². The van der Waals surface area contributed by atoms with Crippen molar-refractivity contribution in [3.63, 3.8) is 0 Å². The van der Waals surface area contributed by atoms with Crippen molar-refractivity contribution in [1.29, 1.82) is 0 Å². The van der Waals surface area contributed by atoms with Crippen LogP contribution in [-0.2, 0) is 10.0 Å². The summed E-state index contributed by atoms with van der Waals surface area (Å²) in [6.07, 6.45) is 1.65. The largest absolute Gasteiger partial charge is 0.245 e. The number of fused-ring (bicyclic) bond motifs is 1. The second-order valence-electron chi connectivity index (χ2n) is 4.49. The highest BCUT2D eigenvalue weighted by molar-refractivity contribution is 7.89. The first-order chi connectivity index (χ1) is 9.09. The molecular weight excluding hydrogens is 306 g/mol. The summed E-state index contributed by atoms with van der Waals surface area (Å²) in [6.45, 7) is 0.872. The van der Waals surface area contributed by atoms with Gasteiger partial charge in [0.25, 0.3) is 0 Å². The molecule has 0 bridgehead atoms. The molecule has 1 atom stereocenters. The van der Waals surface area contributed by atoms with Gasteiger partial charge in [0.05, 0.1) is 11.7 Å². The highest BCUT2D eigenvalue weighted by atomic mass is 35.5. The molecule has 102 valence electrons. The van der Waals surface area contributed by atoms with Gasteiger partial charge in [-0.2, -0.15) is 13.1 Å². The molecule has 0 aliphatic carbocycles. The van der Waals surface area contributed by atoms with Crippen LogP contribution in [-0.4, -0.2) is 39.9 Å². The van der Waals surface area contributed by atoms with Crippen LogP contribution in [0, 0.1) is 0 Å². The lowest BCUT2D eigenvalue weighted by Crippen LogP contribution is -2.40. The Balaban J connectivity index is 2.06. The normalized spacial score (nSPS) is 21.8. The van der Waals surface area contributed by atoms with Crippen LogP contribution in [0.3, 0.4) is 0 Å². The Morgan fingerprint density at radius 1 is 1.37 bits per heavy atom. The maximum absolute atomic E-state index is 12.6. The highest BCUT2D eigenvalue weighted by Crippen LogP contribution is 2.27. The van der Waals surface area contributed by atoms with E-state index in [1.165, 1.54) is 4.31 Å². The smallest absolute Gasteiger partial charge is 0.207 e. The van der Waals surface area contributed by atoms with Crippen molar-refractivity contribution < 1.29 is 8.42 Å². The molecule has 0 saturated carbocycles. The molecule has 1 aromatic carbocycles. The lowest BCUT2D eigenvalue weighted by Gasteiger charge is -2.28. The molecule has 2 heterocycles. The van der Waals surface area contributed by atoms with Crippen molar-refractivity contribution in [2.75, 3.05) is 13.1 Å². The first kappa shape index (κ1) is 13.2. The molecule has 1 aliphatic heterocycles. The van der Waals surface area contributed by atoms with E-state index in [-0.39, 0.29) is 10.3 Å². The minimum Gasteiger partial charge on any atom is -0.207 e. The Hall–Kier alpha value is -0.760. The minimum atomic E-state index is -3.54. The van der Waals surface area contributed by atoms with Crippen LogP contribution in [0.5, 0.6) is 0 Å². The summed E-state index contributed by atoms with van der Waals surface area (Å²) < 4.78 is 34.9. The predicted octanol–water partition coefficient (Wildman–Crippen LogP) is 2.08. The van der Waals surface area contributed by atoms with E-state index < -0.39 is 10.0 Å². The highest BCUT2D eigenvalue weighted by Gasteiger charge is 2.31. The molecule has 5 nitrogen and oxygen atoms in total. The topological polar surface area (TPSA) is 63.2 Å². The average Bonchev–Trinajstić information content (AvgIpc) is 2.86. The van der Waals surface area contributed by atoms with Crippen molar-refractivity contribution in [2.24, 2.45) is 0 Å². The van der Waals surface area contributed by atoms with Gasteiger partial charge in [-0.15, -0.1) is 11.6 Å². The van der Waals surface area contributed by atoms with E-state index in [0.717, 1.165) is 24.6 Å². The minimum absolute atomic E-state index is 0.115. The second-order valence-corrected chi connectivity index (χ2v) is 7.54. The SMILES string of the molecule is O=S(=O)(c1cccc2nsnc12)N1CCCC(Cl)C1. The number of nitrogens with zero attached hydrogens (tertiary/aromatic N) is 3. The standard InChI is InChI=1S/C11H12ClN3O2S2/c12-8-3-2-6-15(7-8)19(16,17)10-5-1-4-9-11(10)14-18-13-9/h1,4-5,8H,2-3,6-7H2. The van der Waals surface area contributed by atoms with Gasteiger partial charge in [-0.1, -0.05) is 6.07 Å². The summed E-state index contributed by atoms with van der Waals surface area (Å²) in [5.41, 5.74) is 1.06. The van der Waals surface area contributed by atoms with E-state index >= 15 is 0 Å². The number of rotatable bonds is 2. The summed E-state index contributed by atoms with van der Waals surface area (Å²) in [5, 5.41) is -0.115. The summed E-state index contributed by atoms with van der Waals surface area (Å²) in [6, 6.07) is 5.04. The number of hydrogen-bond donors (Lipinski definition) is 0. The molecule has 0 spiro atoms. The van der Waals surface area contributed by atoms with E-state index in [1.807, 2.05) is 0 Å². The summed E-state index contributed by atoms with van der Waals surface area (Å²) in [4.78, 5) is 0.226. The molecule has 1 saturated heterocycles. The van der Waals surface area contributed by atoms with E-state index in [0.29, 0.717) is 24.1 Å². The molecule has 0 amide bonds. The second kappa shape index (κ2) is 4.97. The fraction of sp³-hybridized carbons (Fsp3) is 0.455. The van der Waals surface area contributed by atoms with Gasteiger partial charge in [-0.3, -0.25) is 0 Å². The summed E-state index contributed by atoms with van der Waals surface area (Å²) in [7, 11) is -3.54. The Morgan fingerprint density at radius 2 is 2.21 bits per heavy atom. The number of alkyl halides is 1. The van der Waals surface area contributed by atoms with E-state index in [2.05, 4.69) is 8.75 Å². The number of piperidine rings is 1. The lowest BCUT2D eigenvalue weighted by atomic mass is 10.2. The zero-order chi connectivity index (χ0) is 13.5. The first-order valence-corrected chi connectivity index (χ1v) is 8.55.